The third-order valence-electron chi connectivity index (χ3n) is 0.681. The summed E-state index contributed by atoms with van der Waals surface area (Å²) in [7, 11) is 0. The lowest BCUT2D eigenvalue weighted by molar-refractivity contribution is -0.107. The summed E-state index contributed by atoms with van der Waals surface area (Å²) in [4.78, 5) is 10.4. The van der Waals surface area contributed by atoms with Gasteiger partial charge in [0.15, 0.2) is 0 Å². The molecule has 0 saturated heterocycles. The second-order valence-electron chi connectivity index (χ2n) is 1.58. The first-order chi connectivity index (χ1) is 3.55. The predicted molar refractivity (Wildman–Crippen MR) is 31.8 cm³/mol. The van der Waals surface area contributed by atoms with Crippen molar-refractivity contribution in [3.05, 3.63) is 0 Å². The molecule has 2 N–H and O–H groups in total. The summed E-state index contributed by atoms with van der Waals surface area (Å²) in [6.07, 6.45) is 0. The Bertz CT molecular complexity index is 133. The van der Waals surface area contributed by atoms with Gasteiger partial charge in [0.2, 0.25) is 5.78 Å². The number of hydrogen-bond acceptors (Lipinski definition) is 3. The molecule has 3 nitrogen and oxygen atoms in total. The molecule has 0 aromatic rings. The first kappa shape index (κ1) is 7.01. The third-order valence-corrected chi connectivity index (χ3v) is 0.681. The predicted octanol–water partition coefficient (Wildman–Crippen LogP) is 0.635. The molecule has 0 fully saturated rings. The van der Waals surface area contributed by atoms with Gasteiger partial charge in [-0.05, 0) is 13.8 Å². The Kier molecular flexibility index (Phi) is 2.06. The van der Waals surface area contributed by atoms with Crippen LogP contribution < -0.4 is 0 Å². The Labute approximate surface area is 47.7 Å². The van der Waals surface area contributed by atoms with E-state index in [2.05, 4.69) is 0 Å². The van der Waals surface area contributed by atoms with E-state index in [4.69, 9.17) is 10.8 Å². The molecule has 0 aromatic heterocycles. The monoisotopic (exact) mass is 112 g/mol. The smallest absolute Gasteiger partial charge is 0.219 e. The molecule has 0 spiro atoms. The van der Waals surface area contributed by atoms with Gasteiger partial charge in [-0.2, -0.15) is 0 Å². The molecule has 0 rings (SSSR count). The number of nitrogens with one attached hydrogen (secondary N) is 2. The summed E-state index contributed by atoms with van der Waals surface area (Å²) >= 11 is 0. The summed E-state index contributed by atoms with van der Waals surface area (Å²) in [5.74, 6) is -0.481. The van der Waals surface area contributed by atoms with E-state index in [9.17, 15) is 4.79 Å². The minimum Gasteiger partial charge on any atom is -0.301 e. The molecule has 0 aliphatic rings. The van der Waals surface area contributed by atoms with Gasteiger partial charge >= 0.3 is 0 Å². The van der Waals surface area contributed by atoms with Gasteiger partial charge in [-0.1, -0.05) is 0 Å². The van der Waals surface area contributed by atoms with Crippen LogP contribution in [0.4, 0.5) is 0 Å². The zero-order chi connectivity index (χ0) is 6.73. The van der Waals surface area contributed by atoms with Crippen LogP contribution in [0.3, 0.4) is 0 Å². The highest BCUT2D eigenvalue weighted by Crippen LogP contribution is 1.77. The number of rotatable bonds is 2. The van der Waals surface area contributed by atoms with Crippen LogP contribution in [-0.4, -0.2) is 17.2 Å². The number of ketones is 1. The molecular weight excluding hydrogens is 104 g/mol. The number of hydrogen-bond donors (Lipinski definition) is 2. The van der Waals surface area contributed by atoms with E-state index in [0.29, 0.717) is 0 Å². The first-order valence-corrected chi connectivity index (χ1v) is 2.20. The van der Waals surface area contributed by atoms with E-state index in [1.165, 1.54) is 13.8 Å². The zero-order valence-electron chi connectivity index (χ0n) is 4.91. The normalized spacial score (nSPS) is 8.25. The Hall–Kier alpha value is -0.990. The van der Waals surface area contributed by atoms with Crippen molar-refractivity contribution in [2.24, 2.45) is 0 Å². The van der Waals surface area contributed by atoms with Gasteiger partial charge in [0, 0.05) is 0 Å². The van der Waals surface area contributed by atoms with E-state index in [-0.39, 0.29) is 11.4 Å². The summed E-state index contributed by atoms with van der Waals surface area (Å²) in [5.41, 5.74) is -0.144. The summed E-state index contributed by atoms with van der Waals surface area (Å²) < 4.78 is 0. The number of Topliss-reactive ketones (excluding diaryl/α,β-unsaturated/α-hetero) is 1. The van der Waals surface area contributed by atoms with Crippen molar-refractivity contribution < 1.29 is 4.79 Å². The van der Waals surface area contributed by atoms with E-state index in [0.717, 1.165) is 0 Å². The quantitative estimate of drug-likeness (QED) is 0.505. The molecule has 0 amide bonds. The Morgan fingerprint density at radius 2 is 1.38 bits per heavy atom. The number of carbonyl (C=O) groups is 1. The first-order valence-electron chi connectivity index (χ1n) is 2.20. The molecule has 44 valence electrons. The van der Waals surface area contributed by atoms with Crippen molar-refractivity contribution in [1.82, 2.24) is 0 Å². The van der Waals surface area contributed by atoms with E-state index in [1.54, 1.807) is 0 Å². The van der Waals surface area contributed by atoms with E-state index in [1.807, 2.05) is 0 Å². The Morgan fingerprint density at radius 3 is 1.38 bits per heavy atom. The lowest BCUT2D eigenvalue weighted by atomic mass is 10.2. The number of carbonyl (C=O) groups excluding carboxylic acids is 1. The molecular formula is C5H8N2O. The van der Waals surface area contributed by atoms with Crippen LogP contribution >= 0.6 is 0 Å². The average Bonchev–Trinajstić information content (AvgIpc) is 1.64. The topological polar surface area (TPSA) is 64.8 Å². The fraction of sp³-hybridized carbons (Fsp3) is 0.400. The molecule has 0 aromatic carbocycles. The van der Waals surface area contributed by atoms with Gasteiger partial charge < -0.3 is 10.8 Å². The maximum atomic E-state index is 10.4. The Morgan fingerprint density at radius 1 is 1.12 bits per heavy atom. The maximum absolute atomic E-state index is 10.4. The standard InChI is InChI=1S/C5H8N2O/c1-3(6)5(8)4(2)7/h6-7H,1-2H3. The molecule has 8 heavy (non-hydrogen) atoms. The lowest BCUT2D eigenvalue weighted by Gasteiger charge is -1.89. The highest BCUT2D eigenvalue weighted by Gasteiger charge is 2.03. The van der Waals surface area contributed by atoms with Crippen LogP contribution in [0, 0.1) is 10.8 Å². The molecule has 3 heteroatoms. The van der Waals surface area contributed by atoms with Crippen molar-refractivity contribution >= 4 is 17.2 Å². The third kappa shape index (κ3) is 1.64. The van der Waals surface area contributed by atoms with Crippen LogP contribution in [0.25, 0.3) is 0 Å². The van der Waals surface area contributed by atoms with E-state index < -0.39 is 5.78 Å². The van der Waals surface area contributed by atoms with Crippen LogP contribution in [0.15, 0.2) is 0 Å². The van der Waals surface area contributed by atoms with Crippen LogP contribution in [0.2, 0.25) is 0 Å². The molecule has 0 radical (unpaired) electrons. The van der Waals surface area contributed by atoms with Crippen molar-refractivity contribution in [2.45, 2.75) is 13.8 Å². The minimum absolute atomic E-state index is 0.0718. The van der Waals surface area contributed by atoms with Crippen LogP contribution in [0.1, 0.15) is 13.8 Å². The van der Waals surface area contributed by atoms with Gasteiger partial charge in [0.25, 0.3) is 0 Å². The van der Waals surface area contributed by atoms with Gasteiger partial charge in [0.1, 0.15) is 0 Å². The summed E-state index contributed by atoms with van der Waals surface area (Å²) in [5, 5.41) is 13.5. The SMILES string of the molecule is CC(=N)C(=O)C(C)=N. The van der Waals surface area contributed by atoms with Crippen molar-refractivity contribution in [1.29, 1.82) is 10.8 Å². The van der Waals surface area contributed by atoms with Crippen molar-refractivity contribution in [2.75, 3.05) is 0 Å². The Balaban J connectivity index is 4.05. The highest BCUT2D eigenvalue weighted by molar-refractivity contribution is 6.64. The molecule has 0 heterocycles. The molecule has 0 saturated carbocycles. The van der Waals surface area contributed by atoms with Crippen molar-refractivity contribution in [3.8, 4) is 0 Å². The molecule has 0 bridgehead atoms. The fourth-order valence-electron chi connectivity index (χ4n) is 0.281. The summed E-state index contributed by atoms with van der Waals surface area (Å²) in [6.45, 7) is 2.75. The summed E-state index contributed by atoms with van der Waals surface area (Å²) in [6, 6.07) is 0. The maximum Gasteiger partial charge on any atom is 0.219 e. The molecule has 0 atom stereocenters. The van der Waals surface area contributed by atoms with Crippen LogP contribution in [0.5, 0.6) is 0 Å². The van der Waals surface area contributed by atoms with Gasteiger partial charge in [-0.15, -0.1) is 0 Å². The fourth-order valence-corrected chi connectivity index (χ4v) is 0.281. The lowest BCUT2D eigenvalue weighted by Crippen LogP contribution is -2.16. The van der Waals surface area contributed by atoms with E-state index >= 15 is 0 Å². The second kappa shape index (κ2) is 2.35. The largest absolute Gasteiger partial charge is 0.301 e. The molecule has 0 unspecified atom stereocenters. The minimum atomic E-state index is -0.481. The van der Waals surface area contributed by atoms with Crippen LogP contribution in [-0.2, 0) is 4.79 Å². The van der Waals surface area contributed by atoms with Gasteiger partial charge in [0.05, 0.1) is 11.4 Å². The highest BCUT2D eigenvalue weighted by atomic mass is 16.1. The van der Waals surface area contributed by atoms with Gasteiger partial charge in [-0.3, -0.25) is 4.79 Å². The van der Waals surface area contributed by atoms with Gasteiger partial charge in [-0.25, -0.2) is 0 Å². The average molecular weight is 112 g/mol. The zero-order valence-corrected chi connectivity index (χ0v) is 4.91. The van der Waals surface area contributed by atoms with Crippen molar-refractivity contribution in [3.63, 3.8) is 0 Å². The second-order valence-corrected chi connectivity index (χ2v) is 1.58. The molecule has 0 aliphatic heterocycles. The molecule has 0 aliphatic carbocycles.